The third-order valence-corrected chi connectivity index (χ3v) is 4.67. The maximum Gasteiger partial charge on any atom is -0.00168 e. The first-order chi connectivity index (χ1) is 11.1. The molecular formula is C23H26. The van der Waals surface area contributed by atoms with Crippen LogP contribution in [0.3, 0.4) is 0 Å². The van der Waals surface area contributed by atoms with Crippen molar-refractivity contribution in [1.82, 2.24) is 0 Å². The Bertz CT molecular complexity index is 777. The first kappa shape index (κ1) is 15.8. The van der Waals surface area contributed by atoms with Gasteiger partial charge in [0.2, 0.25) is 0 Å². The van der Waals surface area contributed by atoms with Crippen molar-refractivity contribution in [2.75, 3.05) is 0 Å². The molecule has 23 heavy (non-hydrogen) atoms. The third-order valence-electron chi connectivity index (χ3n) is 4.67. The summed E-state index contributed by atoms with van der Waals surface area (Å²) in [5, 5.41) is 2.71. The summed E-state index contributed by atoms with van der Waals surface area (Å²) in [6.45, 7) is 6.98. The number of fused-ring (bicyclic) bond motifs is 1. The minimum Gasteiger partial charge on any atom is -0.0628 e. The van der Waals surface area contributed by atoms with E-state index in [0.29, 0.717) is 5.92 Å². The molecule has 118 valence electrons. The summed E-state index contributed by atoms with van der Waals surface area (Å²) in [5.74, 6) is 1.34. The zero-order chi connectivity index (χ0) is 16.2. The summed E-state index contributed by atoms with van der Waals surface area (Å²) in [6, 6.07) is 24.3. The van der Waals surface area contributed by atoms with Crippen molar-refractivity contribution in [1.29, 1.82) is 0 Å². The van der Waals surface area contributed by atoms with E-state index >= 15 is 0 Å². The number of hydrogen-bond donors (Lipinski definition) is 0. The van der Waals surface area contributed by atoms with E-state index in [1.165, 1.54) is 33.9 Å². The number of hydrogen-bond acceptors (Lipinski definition) is 0. The van der Waals surface area contributed by atoms with Crippen LogP contribution in [0.1, 0.15) is 49.8 Å². The van der Waals surface area contributed by atoms with Crippen LogP contribution in [0, 0.1) is 5.92 Å². The molecule has 1 unspecified atom stereocenters. The van der Waals surface area contributed by atoms with Crippen LogP contribution in [0.2, 0.25) is 0 Å². The van der Waals surface area contributed by atoms with E-state index in [9.17, 15) is 0 Å². The highest BCUT2D eigenvalue weighted by Crippen LogP contribution is 2.29. The van der Waals surface area contributed by atoms with Crippen LogP contribution in [-0.4, -0.2) is 0 Å². The fourth-order valence-electron chi connectivity index (χ4n) is 3.66. The maximum atomic E-state index is 2.36. The first-order valence-electron chi connectivity index (χ1n) is 8.69. The van der Waals surface area contributed by atoms with E-state index in [4.69, 9.17) is 0 Å². The van der Waals surface area contributed by atoms with E-state index in [1.54, 1.807) is 0 Å². The highest BCUT2D eigenvalue weighted by molar-refractivity contribution is 5.85. The Morgan fingerprint density at radius 1 is 0.696 bits per heavy atom. The minimum absolute atomic E-state index is 0.612. The van der Waals surface area contributed by atoms with Gasteiger partial charge in [-0.2, -0.15) is 0 Å². The van der Waals surface area contributed by atoms with E-state index in [1.807, 2.05) is 0 Å². The van der Waals surface area contributed by atoms with Crippen LogP contribution in [0.5, 0.6) is 0 Å². The van der Waals surface area contributed by atoms with Crippen molar-refractivity contribution in [2.45, 2.75) is 39.5 Å². The molecule has 0 radical (unpaired) electrons. The van der Waals surface area contributed by atoms with Gasteiger partial charge in [-0.3, -0.25) is 0 Å². The molecule has 0 saturated heterocycles. The van der Waals surface area contributed by atoms with Crippen LogP contribution < -0.4 is 0 Å². The Hall–Kier alpha value is -2.08. The normalized spacial score (nSPS) is 12.7. The van der Waals surface area contributed by atoms with Crippen molar-refractivity contribution in [3.8, 4) is 0 Å². The smallest absolute Gasteiger partial charge is 0.00168 e. The monoisotopic (exact) mass is 302 g/mol. The van der Waals surface area contributed by atoms with Crippen molar-refractivity contribution < 1.29 is 0 Å². The zero-order valence-electron chi connectivity index (χ0n) is 14.4. The fraction of sp³-hybridized carbons (Fsp3) is 0.304. The largest absolute Gasteiger partial charge is 0.0628 e. The lowest BCUT2D eigenvalue weighted by Gasteiger charge is -2.19. The molecule has 1 atom stereocenters. The minimum atomic E-state index is 0.612. The topological polar surface area (TPSA) is 0 Å². The second kappa shape index (κ2) is 7.00. The Balaban J connectivity index is 1.96. The molecule has 3 aromatic carbocycles. The number of benzene rings is 3. The summed E-state index contributed by atoms with van der Waals surface area (Å²) < 4.78 is 0. The van der Waals surface area contributed by atoms with Crippen LogP contribution >= 0.6 is 0 Å². The van der Waals surface area contributed by atoms with Crippen molar-refractivity contribution in [3.05, 3.63) is 83.4 Å². The van der Waals surface area contributed by atoms with Crippen LogP contribution in [0.15, 0.2) is 66.7 Å². The Morgan fingerprint density at radius 2 is 1.35 bits per heavy atom. The maximum absolute atomic E-state index is 2.36. The SMILES string of the molecule is CC(C)CC(C)c1ccccc1Cc1cccc2ccccc12. The summed E-state index contributed by atoms with van der Waals surface area (Å²) in [7, 11) is 0. The van der Waals surface area contributed by atoms with Gasteiger partial charge < -0.3 is 0 Å². The van der Waals surface area contributed by atoms with Crippen LogP contribution in [0.25, 0.3) is 10.8 Å². The lowest BCUT2D eigenvalue weighted by molar-refractivity contribution is 0.522. The van der Waals surface area contributed by atoms with Crippen molar-refractivity contribution >= 4 is 10.8 Å². The molecule has 0 aliphatic heterocycles. The van der Waals surface area contributed by atoms with Crippen molar-refractivity contribution in [3.63, 3.8) is 0 Å². The Labute approximate surface area is 140 Å². The molecule has 0 aromatic heterocycles. The molecule has 0 heterocycles. The van der Waals surface area contributed by atoms with Gasteiger partial charge in [0.05, 0.1) is 0 Å². The molecule has 0 nitrogen and oxygen atoms in total. The standard InChI is InChI=1S/C23H26/c1-17(2)15-18(3)22-13-6-5-10-20(22)16-21-12-8-11-19-9-4-7-14-23(19)21/h4-14,17-18H,15-16H2,1-3H3. The molecule has 0 heteroatoms. The predicted molar refractivity (Wildman–Crippen MR) is 101 cm³/mol. The molecule has 0 N–H and O–H groups in total. The summed E-state index contributed by atoms with van der Waals surface area (Å²) in [5.41, 5.74) is 4.40. The zero-order valence-corrected chi connectivity index (χ0v) is 14.4. The molecule has 3 aromatic rings. The van der Waals surface area contributed by atoms with E-state index in [2.05, 4.69) is 87.5 Å². The van der Waals surface area contributed by atoms with E-state index in [0.717, 1.165) is 12.3 Å². The van der Waals surface area contributed by atoms with Gasteiger partial charge in [0.15, 0.2) is 0 Å². The molecule has 3 rings (SSSR count). The third kappa shape index (κ3) is 3.64. The van der Waals surface area contributed by atoms with Gasteiger partial charge in [-0.05, 0) is 52.1 Å². The van der Waals surface area contributed by atoms with E-state index < -0.39 is 0 Å². The van der Waals surface area contributed by atoms with Gasteiger partial charge >= 0.3 is 0 Å². The molecular weight excluding hydrogens is 276 g/mol. The second-order valence-corrected chi connectivity index (χ2v) is 7.04. The molecule has 0 aliphatic carbocycles. The lowest BCUT2D eigenvalue weighted by atomic mass is 9.86. The summed E-state index contributed by atoms with van der Waals surface area (Å²) >= 11 is 0. The molecule has 0 aliphatic rings. The van der Waals surface area contributed by atoms with Crippen molar-refractivity contribution in [2.24, 2.45) is 5.92 Å². The van der Waals surface area contributed by atoms with Gasteiger partial charge in [0.25, 0.3) is 0 Å². The van der Waals surface area contributed by atoms with Gasteiger partial charge in [-0.15, -0.1) is 0 Å². The molecule has 0 amide bonds. The highest BCUT2D eigenvalue weighted by Gasteiger charge is 2.13. The molecule has 0 spiro atoms. The Morgan fingerprint density at radius 3 is 2.17 bits per heavy atom. The Kier molecular flexibility index (Phi) is 4.81. The lowest BCUT2D eigenvalue weighted by Crippen LogP contribution is -2.03. The van der Waals surface area contributed by atoms with Gasteiger partial charge in [0.1, 0.15) is 0 Å². The average molecular weight is 302 g/mol. The van der Waals surface area contributed by atoms with Gasteiger partial charge in [0, 0.05) is 0 Å². The predicted octanol–water partition coefficient (Wildman–Crippen LogP) is 6.58. The van der Waals surface area contributed by atoms with Gasteiger partial charge in [-0.25, -0.2) is 0 Å². The second-order valence-electron chi connectivity index (χ2n) is 7.04. The first-order valence-corrected chi connectivity index (χ1v) is 8.69. The van der Waals surface area contributed by atoms with Crippen LogP contribution in [0.4, 0.5) is 0 Å². The van der Waals surface area contributed by atoms with E-state index in [-0.39, 0.29) is 0 Å². The number of rotatable bonds is 5. The average Bonchev–Trinajstić information content (AvgIpc) is 2.55. The fourth-order valence-corrected chi connectivity index (χ4v) is 3.66. The molecule has 0 fully saturated rings. The van der Waals surface area contributed by atoms with Gasteiger partial charge in [-0.1, -0.05) is 87.5 Å². The summed E-state index contributed by atoms with van der Waals surface area (Å²) in [4.78, 5) is 0. The summed E-state index contributed by atoms with van der Waals surface area (Å²) in [6.07, 6.45) is 2.26. The highest BCUT2D eigenvalue weighted by atomic mass is 14.2. The quantitative estimate of drug-likeness (QED) is 0.499. The van der Waals surface area contributed by atoms with Crippen LogP contribution in [-0.2, 0) is 6.42 Å². The molecule has 0 saturated carbocycles. The molecule has 0 bridgehead atoms.